The molecule has 1 heterocycles. The van der Waals surface area contributed by atoms with Crippen molar-refractivity contribution in [2.75, 3.05) is 33.4 Å². The molecule has 22 heavy (non-hydrogen) atoms. The van der Waals surface area contributed by atoms with E-state index in [9.17, 15) is 8.42 Å². The van der Waals surface area contributed by atoms with E-state index in [0.29, 0.717) is 13.2 Å². The second-order valence-electron chi connectivity index (χ2n) is 5.23. The van der Waals surface area contributed by atoms with Gasteiger partial charge in [0.15, 0.2) is 0 Å². The molecular formula is C14H20Cl2N2O3S. The number of hydrogen-bond acceptors (Lipinski definition) is 4. The highest BCUT2D eigenvalue weighted by atomic mass is 35.5. The van der Waals surface area contributed by atoms with Crippen LogP contribution in [-0.4, -0.2) is 52.7 Å². The number of methoxy groups -OCH3 is 1. The molecular weight excluding hydrogens is 347 g/mol. The summed E-state index contributed by atoms with van der Waals surface area (Å²) in [4.78, 5) is 2.18. The first-order valence-electron chi connectivity index (χ1n) is 7.12. The number of halogens is 2. The van der Waals surface area contributed by atoms with Crippen LogP contribution in [0.15, 0.2) is 23.1 Å². The summed E-state index contributed by atoms with van der Waals surface area (Å²) in [5, 5.41) is 0.255. The molecule has 5 nitrogen and oxygen atoms in total. The topological polar surface area (TPSA) is 58.6 Å². The van der Waals surface area contributed by atoms with Gasteiger partial charge < -0.3 is 4.74 Å². The van der Waals surface area contributed by atoms with E-state index in [0.717, 1.165) is 25.9 Å². The molecule has 1 aliphatic heterocycles. The predicted molar refractivity (Wildman–Crippen MR) is 88.1 cm³/mol. The summed E-state index contributed by atoms with van der Waals surface area (Å²) in [5.41, 5.74) is 0. The van der Waals surface area contributed by atoms with Crippen molar-refractivity contribution in [3.05, 3.63) is 28.2 Å². The van der Waals surface area contributed by atoms with Gasteiger partial charge in [-0.3, -0.25) is 4.90 Å². The summed E-state index contributed by atoms with van der Waals surface area (Å²) in [7, 11) is -2.06. The number of rotatable bonds is 7. The Morgan fingerprint density at radius 3 is 2.68 bits per heavy atom. The third-order valence-electron chi connectivity index (χ3n) is 3.78. The quantitative estimate of drug-likeness (QED) is 0.804. The van der Waals surface area contributed by atoms with Crippen LogP contribution in [0.1, 0.15) is 12.8 Å². The van der Waals surface area contributed by atoms with Crippen LogP contribution in [-0.2, 0) is 14.8 Å². The summed E-state index contributed by atoms with van der Waals surface area (Å²) >= 11 is 12.0. The average Bonchev–Trinajstić information content (AvgIpc) is 2.90. The summed E-state index contributed by atoms with van der Waals surface area (Å²) < 4.78 is 32.6. The van der Waals surface area contributed by atoms with Crippen LogP contribution in [0, 0.1) is 0 Å². The Bertz CT molecular complexity index is 590. The fraction of sp³-hybridized carbons (Fsp3) is 0.571. The molecule has 0 bridgehead atoms. The molecule has 1 atom stereocenters. The van der Waals surface area contributed by atoms with Crippen LogP contribution in [0.4, 0.5) is 0 Å². The monoisotopic (exact) mass is 366 g/mol. The molecule has 8 heteroatoms. The third-order valence-corrected chi connectivity index (χ3v) is 6.16. The fourth-order valence-corrected chi connectivity index (χ4v) is 4.86. The molecule has 1 fully saturated rings. The Kier molecular flexibility index (Phi) is 6.49. The molecule has 1 N–H and O–H groups in total. The van der Waals surface area contributed by atoms with E-state index in [2.05, 4.69) is 9.62 Å². The van der Waals surface area contributed by atoms with Gasteiger partial charge in [0, 0.05) is 26.2 Å². The van der Waals surface area contributed by atoms with Crippen molar-refractivity contribution in [2.24, 2.45) is 0 Å². The van der Waals surface area contributed by atoms with Gasteiger partial charge in [-0.15, -0.1) is 0 Å². The molecule has 1 saturated heterocycles. The molecule has 1 aliphatic rings. The van der Waals surface area contributed by atoms with Gasteiger partial charge in [0.05, 0.1) is 16.7 Å². The van der Waals surface area contributed by atoms with Gasteiger partial charge >= 0.3 is 0 Å². The Morgan fingerprint density at radius 1 is 1.36 bits per heavy atom. The zero-order valence-corrected chi connectivity index (χ0v) is 14.7. The van der Waals surface area contributed by atoms with Crippen molar-refractivity contribution in [2.45, 2.75) is 23.8 Å². The van der Waals surface area contributed by atoms with Crippen molar-refractivity contribution in [3.8, 4) is 0 Å². The van der Waals surface area contributed by atoms with E-state index >= 15 is 0 Å². The maximum absolute atomic E-state index is 12.4. The van der Waals surface area contributed by atoms with Crippen molar-refractivity contribution in [1.29, 1.82) is 0 Å². The van der Waals surface area contributed by atoms with Crippen LogP contribution in [0.2, 0.25) is 10.0 Å². The Hall–Kier alpha value is -0.370. The minimum atomic E-state index is -3.72. The highest BCUT2D eigenvalue weighted by molar-refractivity contribution is 7.89. The largest absolute Gasteiger partial charge is 0.383 e. The first-order valence-corrected chi connectivity index (χ1v) is 9.36. The van der Waals surface area contributed by atoms with Crippen LogP contribution < -0.4 is 4.72 Å². The highest BCUT2D eigenvalue weighted by Crippen LogP contribution is 2.29. The lowest BCUT2D eigenvalue weighted by Crippen LogP contribution is -2.41. The van der Waals surface area contributed by atoms with E-state index in [1.54, 1.807) is 13.2 Å². The lowest BCUT2D eigenvalue weighted by atomic mass is 10.2. The van der Waals surface area contributed by atoms with E-state index in [4.69, 9.17) is 27.9 Å². The Balaban J connectivity index is 2.04. The standard InChI is InChI=1S/C14H20Cl2N2O3S/c1-21-9-8-18-7-3-4-11(18)10-17-22(19,20)14-12(15)5-2-6-13(14)16/h2,5-6,11,17H,3-4,7-10H2,1H3. The summed E-state index contributed by atoms with van der Waals surface area (Å²) in [6, 6.07) is 4.82. The number of likely N-dealkylation sites (tertiary alicyclic amines) is 1. The predicted octanol–water partition coefficient (Wildman–Crippen LogP) is 2.38. The maximum atomic E-state index is 12.4. The van der Waals surface area contributed by atoms with Crippen LogP contribution in [0.25, 0.3) is 0 Å². The molecule has 1 aromatic rings. The Labute approximate surface area is 141 Å². The van der Waals surface area contributed by atoms with Gasteiger partial charge in [-0.25, -0.2) is 13.1 Å². The molecule has 0 radical (unpaired) electrons. The van der Waals surface area contributed by atoms with E-state index < -0.39 is 10.0 Å². The second-order valence-corrected chi connectivity index (χ2v) is 7.75. The van der Waals surface area contributed by atoms with Crippen LogP contribution >= 0.6 is 23.2 Å². The van der Waals surface area contributed by atoms with Gasteiger partial charge in [0.25, 0.3) is 0 Å². The van der Waals surface area contributed by atoms with E-state index in [-0.39, 0.29) is 21.0 Å². The second kappa shape index (κ2) is 7.95. The molecule has 0 amide bonds. The molecule has 1 unspecified atom stereocenters. The number of nitrogens with one attached hydrogen (secondary N) is 1. The molecule has 0 saturated carbocycles. The van der Waals surface area contributed by atoms with Gasteiger partial charge in [-0.2, -0.15) is 0 Å². The number of sulfonamides is 1. The SMILES string of the molecule is COCCN1CCCC1CNS(=O)(=O)c1c(Cl)cccc1Cl. The molecule has 0 aliphatic carbocycles. The van der Waals surface area contributed by atoms with Crippen molar-refractivity contribution >= 4 is 33.2 Å². The number of ether oxygens (including phenoxy) is 1. The first kappa shape index (κ1) is 18.0. The van der Waals surface area contributed by atoms with Gasteiger partial charge in [-0.1, -0.05) is 29.3 Å². The van der Waals surface area contributed by atoms with Crippen LogP contribution in [0.5, 0.6) is 0 Å². The summed E-state index contributed by atoms with van der Waals surface area (Å²) in [6.45, 7) is 2.74. The van der Waals surface area contributed by atoms with E-state index in [1.165, 1.54) is 12.1 Å². The zero-order chi connectivity index (χ0) is 16.2. The molecule has 1 aromatic carbocycles. The number of benzene rings is 1. The number of hydrogen-bond donors (Lipinski definition) is 1. The fourth-order valence-electron chi connectivity index (χ4n) is 2.65. The molecule has 0 spiro atoms. The van der Waals surface area contributed by atoms with Gasteiger partial charge in [0.1, 0.15) is 4.90 Å². The van der Waals surface area contributed by atoms with Crippen molar-refractivity contribution in [3.63, 3.8) is 0 Å². The van der Waals surface area contributed by atoms with Crippen molar-refractivity contribution in [1.82, 2.24) is 9.62 Å². The first-order chi connectivity index (χ1) is 10.5. The number of nitrogens with zero attached hydrogens (tertiary/aromatic N) is 1. The van der Waals surface area contributed by atoms with E-state index in [1.807, 2.05) is 0 Å². The van der Waals surface area contributed by atoms with Gasteiger partial charge in [0.2, 0.25) is 10.0 Å². The minimum Gasteiger partial charge on any atom is -0.383 e. The zero-order valence-electron chi connectivity index (χ0n) is 12.4. The Morgan fingerprint density at radius 2 is 2.05 bits per heavy atom. The third kappa shape index (κ3) is 4.34. The maximum Gasteiger partial charge on any atom is 0.243 e. The smallest absolute Gasteiger partial charge is 0.243 e. The lowest BCUT2D eigenvalue weighted by Gasteiger charge is -2.24. The normalized spacial score (nSPS) is 19.7. The molecule has 124 valence electrons. The lowest BCUT2D eigenvalue weighted by molar-refractivity contribution is 0.141. The molecule has 2 rings (SSSR count). The summed E-state index contributed by atoms with van der Waals surface area (Å²) in [6.07, 6.45) is 2.02. The van der Waals surface area contributed by atoms with Gasteiger partial charge in [-0.05, 0) is 31.5 Å². The highest BCUT2D eigenvalue weighted by Gasteiger charge is 2.27. The average molecular weight is 367 g/mol. The minimum absolute atomic E-state index is 0.0558. The molecule has 0 aromatic heterocycles. The van der Waals surface area contributed by atoms with Crippen LogP contribution in [0.3, 0.4) is 0 Å². The summed E-state index contributed by atoms with van der Waals surface area (Å²) in [5.74, 6) is 0. The van der Waals surface area contributed by atoms with Crippen molar-refractivity contribution < 1.29 is 13.2 Å².